The summed E-state index contributed by atoms with van der Waals surface area (Å²) in [5.41, 5.74) is 1.12. The van der Waals surface area contributed by atoms with Crippen LogP contribution >= 0.6 is 11.6 Å². The molecule has 1 N–H and O–H groups in total. The average Bonchev–Trinajstić information content (AvgIpc) is 3.38. The van der Waals surface area contributed by atoms with Crippen LogP contribution in [0.5, 0.6) is 0 Å². The fraction of sp³-hybridized carbons (Fsp3) is 0.667. The standard InChI is InChI=1S/C24H35ClN4O3/c1-27-19(8-9-22(30)29-11-4-7-20(29)16-32-2)14-26-24(31)23-21(27)10-12-28(23)15-17-5-3-6-18(25)13-17/h3,5-6,13,19-21,23H,4,7-12,14-16H2,1-2H3,(H,26,31)/t19-,20+,21-,23-/m0/s1. The Morgan fingerprint density at radius 2 is 2.09 bits per heavy atom. The summed E-state index contributed by atoms with van der Waals surface area (Å²) in [4.78, 5) is 32.5. The van der Waals surface area contributed by atoms with Gasteiger partial charge in [0.05, 0.1) is 12.6 Å². The van der Waals surface area contributed by atoms with Crippen LogP contribution in [0.25, 0.3) is 0 Å². The van der Waals surface area contributed by atoms with E-state index < -0.39 is 0 Å². The van der Waals surface area contributed by atoms with Gasteiger partial charge in [0.25, 0.3) is 0 Å². The van der Waals surface area contributed by atoms with Crippen molar-refractivity contribution >= 4 is 23.4 Å². The molecule has 8 heteroatoms. The fourth-order valence-corrected chi connectivity index (χ4v) is 5.87. The maximum Gasteiger partial charge on any atom is 0.239 e. The monoisotopic (exact) mass is 462 g/mol. The Morgan fingerprint density at radius 1 is 1.25 bits per heavy atom. The van der Waals surface area contributed by atoms with Crippen LogP contribution in [0, 0.1) is 0 Å². The first-order valence-corrected chi connectivity index (χ1v) is 12.1. The van der Waals surface area contributed by atoms with Gasteiger partial charge in [-0.1, -0.05) is 23.7 Å². The van der Waals surface area contributed by atoms with Gasteiger partial charge in [-0.15, -0.1) is 0 Å². The Morgan fingerprint density at radius 3 is 2.88 bits per heavy atom. The number of nitrogens with zero attached hydrogens (tertiary/aromatic N) is 3. The van der Waals surface area contributed by atoms with E-state index in [4.69, 9.17) is 16.3 Å². The predicted octanol–water partition coefficient (Wildman–Crippen LogP) is 2.13. The third-order valence-electron chi connectivity index (χ3n) is 7.37. The van der Waals surface area contributed by atoms with E-state index in [1.165, 1.54) is 0 Å². The molecule has 0 aliphatic carbocycles. The molecule has 0 spiro atoms. The van der Waals surface area contributed by atoms with Gasteiger partial charge in [-0.05, 0) is 50.4 Å². The smallest absolute Gasteiger partial charge is 0.239 e. The second-order valence-corrected chi connectivity index (χ2v) is 9.78. The first-order valence-electron chi connectivity index (χ1n) is 11.7. The van der Waals surface area contributed by atoms with Crippen molar-refractivity contribution in [3.63, 3.8) is 0 Å². The largest absolute Gasteiger partial charge is 0.383 e. The molecule has 4 rings (SSSR count). The number of carbonyl (C=O) groups excluding carboxylic acids is 2. The molecular formula is C24H35ClN4O3. The third kappa shape index (κ3) is 5.11. The number of amides is 2. The van der Waals surface area contributed by atoms with E-state index in [0.717, 1.165) is 49.4 Å². The highest BCUT2D eigenvalue weighted by atomic mass is 35.5. The van der Waals surface area contributed by atoms with Crippen LogP contribution in [-0.2, 0) is 20.9 Å². The highest BCUT2D eigenvalue weighted by Crippen LogP contribution is 2.29. The number of likely N-dealkylation sites (tertiary alicyclic amines) is 2. The lowest BCUT2D eigenvalue weighted by Crippen LogP contribution is -2.49. The Hall–Kier alpha value is -1.67. The van der Waals surface area contributed by atoms with Crippen molar-refractivity contribution in [2.45, 2.75) is 62.8 Å². The van der Waals surface area contributed by atoms with Crippen LogP contribution in [0.2, 0.25) is 5.02 Å². The first kappa shape index (κ1) is 23.5. The second kappa shape index (κ2) is 10.5. The zero-order valence-corrected chi connectivity index (χ0v) is 19.9. The van der Waals surface area contributed by atoms with Crippen molar-refractivity contribution in [3.05, 3.63) is 34.9 Å². The van der Waals surface area contributed by atoms with Crippen molar-refractivity contribution < 1.29 is 14.3 Å². The first-order chi connectivity index (χ1) is 15.5. The predicted molar refractivity (Wildman–Crippen MR) is 124 cm³/mol. The average molecular weight is 463 g/mol. The molecule has 0 aromatic heterocycles. The van der Waals surface area contributed by atoms with Gasteiger partial charge in [-0.25, -0.2) is 0 Å². The fourth-order valence-electron chi connectivity index (χ4n) is 5.66. The normalized spacial score (nSPS) is 29.1. The van der Waals surface area contributed by atoms with Gasteiger partial charge in [0.1, 0.15) is 6.04 Å². The number of ether oxygens (including phenoxy) is 1. The summed E-state index contributed by atoms with van der Waals surface area (Å²) in [5.74, 6) is 0.300. The highest BCUT2D eigenvalue weighted by Gasteiger charge is 2.45. The van der Waals surface area contributed by atoms with Crippen LogP contribution in [0.1, 0.15) is 37.7 Å². The lowest BCUT2D eigenvalue weighted by Gasteiger charge is -2.33. The molecular weight excluding hydrogens is 428 g/mol. The molecule has 32 heavy (non-hydrogen) atoms. The maximum absolute atomic E-state index is 13.0. The number of benzene rings is 1. The number of fused-ring (bicyclic) bond motifs is 1. The zero-order chi connectivity index (χ0) is 22.7. The van der Waals surface area contributed by atoms with Crippen LogP contribution in [0.4, 0.5) is 0 Å². The van der Waals surface area contributed by atoms with E-state index in [0.29, 0.717) is 26.1 Å². The van der Waals surface area contributed by atoms with Gasteiger partial charge in [0.15, 0.2) is 0 Å². The quantitative estimate of drug-likeness (QED) is 0.672. The number of rotatable bonds is 7. The number of hydrogen-bond acceptors (Lipinski definition) is 5. The number of hydrogen-bond donors (Lipinski definition) is 1. The SMILES string of the molecule is COC[C@H]1CCCN1C(=O)CC[C@H]1CNC(=O)[C@@H]2[C@H](CCN2Cc2cccc(Cl)c2)N1C. The molecule has 2 amide bonds. The highest BCUT2D eigenvalue weighted by molar-refractivity contribution is 6.30. The van der Waals surface area contributed by atoms with E-state index in [-0.39, 0.29) is 36.0 Å². The number of carbonyl (C=O) groups is 2. The third-order valence-corrected chi connectivity index (χ3v) is 7.61. The molecule has 3 saturated heterocycles. The van der Waals surface area contributed by atoms with Crippen LogP contribution in [0.15, 0.2) is 24.3 Å². The Balaban J connectivity index is 1.37. The van der Waals surface area contributed by atoms with Gasteiger partial charge in [-0.3, -0.25) is 19.4 Å². The van der Waals surface area contributed by atoms with Crippen LogP contribution in [0.3, 0.4) is 0 Å². The van der Waals surface area contributed by atoms with Gasteiger partial charge in [0, 0.05) is 56.8 Å². The topological polar surface area (TPSA) is 65.1 Å². The van der Waals surface area contributed by atoms with Gasteiger partial charge in [-0.2, -0.15) is 0 Å². The number of nitrogens with one attached hydrogen (secondary N) is 1. The van der Waals surface area contributed by atoms with E-state index in [9.17, 15) is 9.59 Å². The molecule has 4 atom stereocenters. The zero-order valence-electron chi connectivity index (χ0n) is 19.1. The summed E-state index contributed by atoms with van der Waals surface area (Å²) in [7, 11) is 3.80. The molecule has 3 aliphatic rings. The van der Waals surface area contributed by atoms with Crippen molar-refractivity contribution in [2.75, 3.05) is 40.4 Å². The Bertz CT molecular complexity index is 822. The lowest BCUT2D eigenvalue weighted by atomic mass is 10.0. The summed E-state index contributed by atoms with van der Waals surface area (Å²) < 4.78 is 5.29. The maximum atomic E-state index is 13.0. The molecule has 7 nitrogen and oxygen atoms in total. The molecule has 3 fully saturated rings. The Kier molecular flexibility index (Phi) is 7.71. The van der Waals surface area contributed by atoms with Crippen molar-refractivity contribution in [3.8, 4) is 0 Å². The lowest BCUT2D eigenvalue weighted by molar-refractivity contribution is -0.133. The summed E-state index contributed by atoms with van der Waals surface area (Å²) in [6.07, 6.45) is 4.27. The molecule has 0 unspecified atom stereocenters. The number of methoxy groups -OCH3 is 1. The molecule has 3 heterocycles. The molecule has 0 saturated carbocycles. The minimum atomic E-state index is -0.177. The molecule has 1 aromatic carbocycles. The van der Waals surface area contributed by atoms with Gasteiger partial charge >= 0.3 is 0 Å². The molecule has 0 radical (unpaired) electrons. The summed E-state index contributed by atoms with van der Waals surface area (Å²) >= 11 is 6.15. The second-order valence-electron chi connectivity index (χ2n) is 9.34. The summed E-state index contributed by atoms with van der Waals surface area (Å²) in [6.45, 7) is 3.60. The van der Waals surface area contributed by atoms with Crippen molar-refractivity contribution in [2.24, 2.45) is 0 Å². The molecule has 176 valence electrons. The van der Waals surface area contributed by atoms with Gasteiger partial charge in [0.2, 0.25) is 11.8 Å². The summed E-state index contributed by atoms with van der Waals surface area (Å²) in [6, 6.07) is 8.20. The number of halogens is 1. The van der Waals surface area contributed by atoms with Crippen molar-refractivity contribution in [1.29, 1.82) is 0 Å². The Labute approximate surface area is 196 Å². The van der Waals surface area contributed by atoms with Crippen LogP contribution in [-0.4, -0.2) is 91.1 Å². The van der Waals surface area contributed by atoms with Crippen LogP contribution < -0.4 is 5.32 Å². The van der Waals surface area contributed by atoms with Gasteiger partial charge < -0.3 is 15.0 Å². The minimum absolute atomic E-state index is 0.0925. The minimum Gasteiger partial charge on any atom is -0.383 e. The molecule has 1 aromatic rings. The summed E-state index contributed by atoms with van der Waals surface area (Å²) in [5, 5.41) is 3.87. The number of likely N-dealkylation sites (N-methyl/N-ethyl adjacent to an activating group) is 1. The van der Waals surface area contributed by atoms with E-state index in [1.54, 1.807) is 7.11 Å². The molecule has 3 aliphatic heterocycles. The van der Waals surface area contributed by atoms with E-state index in [2.05, 4.69) is 28.2 Å². The van der Waals surface area contributed by atoms with E-state index >= 15 is 0 Å². The molecule has 0 bridgehead atoms. The van der Waals surface area contributed by atoms with Crippen molar-refractivity contribution in [1.82, 2.24) is 20.0 Å². The van der Waals surface area contributed by atoms with E-state index in [1.807, 2.05) is 23.1 Å².